The summed E-state index contributed by atoms with van der Waals surface area (Å²) in [5.41, 5.74) is 11.0. The molecule has 3 aromatic rings. The van der Waals surface area contributed by atoms with E-state index in [0.717, 1.165) is 32.6 Å². The molecular weight excluding hydrogens is 266 g/mol. The van der Waals surface area contributed by atoms with Gasteiger partial charge in [-0.1, -0.05) is 30.3 Å². The molecule has 0 spiro atoms. The Bertz CT molecular complexity index is 842. The van der Waals surface area contributed by atoms with Crippen LogP contribution in [0.5, 0.6) is 0 Å². The van der Waals surface area contributed by atoms with Crippen LogP contribution in [0.3, 0.4) is 0 Å². The zero-order chi connectivity index (χ0) is 14.3. The third-order valence-corrected chi connectivity index (χ3v) is 4.53. The summed E-state index contributed by atoms with van der Waals surface area (Å²) in [4.78, 5) is 5.95. The van der Waals surface area contributed by atoms with Crippen molar-refractivity contribution in [2.75, 3.05) is 5.73 Å². The molecule has 4 heteroatoms. The van der Waals surface area contributed by atoms with E-state index in [0.29, 0.717) is 10.6 Å². The normalized spacial score (nSPS) is 10.7. The predicted molar refractivity (Wildman–Crippen MR) is 83.7 cm³/mol. The van der Waals surface area contributed by atoms with Crippen LogP contribution < -0.4 is 5.73 Å². The van der Waals surface area contributed by atoms with Crippen molar-refractivity contribution in [3.8, 4) is 17.2 Å². The van der Waals surface area contributed by atoms with Crippen LogP contribution in [0, 0.1) is 25.2 Å². The van der Waals surface area contributed by atoms with E-state index < -0.39 is 0 Å². The third-order valence-electron chi connectivity index (χ3n) is 3.53. The van der Waals surface area contributed by atoms with E-state index in [4.69, 9.17) is 5.73 Å². The summed E-state index contributed by atoms with van der Waals surface area (Å²) in [6.45, 7) is 4.04. The summed E-state index contributed by atoms with van der Waals surface area (Å²) in [5, 5.41) is 10.1. The van der Waals surface area contributed by atoms with Gasteiger partial charge in [-0.15, -0.1) is 11.3 Å². The first-order chi connectivity index (χ1) is 9.63. The van der Waals surface area contributed by atoms with Gasteiger partial charge in [0.2, 0.25) is 0 Å². The van der Waals surface area contributed by atoms with Crippen LogP contribution in [0.1, 0.15) is 16.1 Å². The average molecular weight is 279 g/mol. The van der Waals surface area contributed by atoms with Gasteiger partial charge in [-0.2, -0.15) is 5.26 Å². The van der Waals surface area contributed by atoms with Crippen molar-refractivity contribution in [1.29, 1.82) is 5.26 Å². The molecule has 0 aliphatic heterocycles. The molecule has 2 heterocycles. The highest BCUT2D eigenvalue weighted by Gasteiger charge is 2.18. The standard InChI is InChI=1S/C16H13N3S/c1-9-10(2)19-16-14(15(18)12(8-17)20-16)13(9)11-6-4-3-5-7-11/h3-7H,18H2,1-2H3. The molecule has 0 amide bonds. The summed E-state index contributed by atoms with van der Waals surface area (Å²) in [5.74, 6) is 0. The van der Waals surface area contributed by atoms with Crippen molar-refractivity contribution in [2.24, 2.45) is 0 Å². The molecule has 0 saturated carbocycles. The van der Waals surface area contributed by atoms with Gasteiger partial charge in [0.15, 0.2) is 0 Å². The minimum absolute atomic E-state index is 0.537. The van der Waals surface area contributed by atoms with E-state index in [9.17, 15) is 5.26 Å². The highest BCUT2D eigenvalue weighted by molar-refractivity contribution is 7.20. The maximum atomic E-state index is 9.17. The largest absolute Gasteiger partial charge is 0.396 e. The highest BCUT2D eigenvalue weighted by Crippen LogP contribution is 2.41. The molecule has 0 aliphatic rings. The van der Waals surface area contributed by atoms with E-state index in [-0.39, 0.29) is 0 Å². The number of fused-ring (bicyclic) bond motifs is 1. The van der Waals surface area contributed by atoms with E-state index in [1.807, 2.05) is 32.0 Å². The molecule has 0 atom stereocenters. The van der Waals surface area contributed by atoms with Crippen molar-refractivity contribution in [1.82, 2.24) is 4.98 Å². The minimum atomic E-state index is 0.537. The van der Waals surface area contributed by atoms with Gasteiger partial charge < -0.3 is 5.73 Å². The topological polar surface area (TPSA) is 62.7 Å². The zero-order valence-electron chi connectivity index (χ0n) is 11.3. The number of thiophene rings is 1. The van der Waals surface area contributed by atoms with Gasteiger partial charge in [0.1, 0.15) is 15.8 Å². The van der Waals surface area contributed by atoms with E-state index in [1.54, 1.807) is 0 Å². The SMILES string of the molecule is Cc1nc2sc(C#N)c(N)c2c(-c2ccccc2)c1C. The fourth-order valence-electron chi connectivity index (χ4n) is 2.41. The molecule has 0 radical (unpaired) electrons. The van der Waals surface area contributed by atoms with Gasteiger partial charge in [-0.3, -0.25) is 0 Å². The smallest absolute Gasteiger partial charge is 0.130 e. The number of nitrogens with two attached hydrogens (primary N) is 1. The number of hydrogen-bond acceptors (Lipinski definition) is 4. The fourth-order valence-corrected chi connectivity index (χ4v) is 3.35. The molecule has 0 bridgehead atoms. The van der Waals surface area contributed by atoms with Gasteiger partial charge in [0.05, 0.1) is 5.69 Å². The van der Waals surface area contributed by atoms with Crippen molar-refractivity contribution >= 4 is 27.2 Å². The van der Waals surface area contributed by atoms with Gasteiger partial charge in [-0.05, 0) is 30.5 Å². The zero-order valence-corrected chi connectivity index (χ0v) is 12.1. The van der Waals surface area contributed by atoms with Crippen molar-refractivity contribution < 1.29 is 0 Å². The summed E-state index contributed by atoms with van der Waals surface area (Å²) in [7, 11) is 0. The number of benzene rings is 1. The van der Waals surface area contributed by atoms with Crippen molar-refractivity contribution in [3.05, 3.63) is 46.5 Å². The van der Waals surface area contributed by atoms with E-state index >= 15 is 0 Å². The lowest BCUT2D eigenvalue weighted by atomic mass is 9.96. The number of aromatic nitrogens is 1. The Hall–Kier alpha value is -2.38. The van der Waals surface area contributed by atoms with Gasteiger partial charge in [0, 0.05) is 11.1 Å². The Kier molecular flexibility index (Phi) is 2.92. The monoisotopic (exact) mass is 279 g/mol. The highest BCUT2D eigenvalue weighted by atomic mass is 32.1. The molecule has 3 nitrogen and oxygen atoms in total. The molecule has 2 N–H and O–H groups in total. The first kappa shape index (κ1) is 12.6. The Morgan fingerprint density at radius 1 is 1.20 bits per heavy atom. The van der Waals surface area contributed by atoms with Gasteiger partial charge in [-0.25, -0.2) is 4.98 Å². The number of nitrogens with zero attached hydrogens (tertiary/aromatic N) is 2. The minimum Gasteiger partial charge on any atom is -0.396 e. The van der Waals surface area contributed by atoms with Crippen LogP contribution in [0.15, 0.2) is 30.3 Å². The maximum absolute atomic E-state index is 9.17. The van der Waals surface area contributed by atoms with Crippen LogP contribution in [0.25, 0.3) is 21.3 Å². The number of nitrogen functional groups attached to an aromatic ring is 1. The first-order valence-electron chi connectivity index (χ1n) is 6.28. The predicted octanol–water partition coefficient (Wildman–Crippen LogP) is 4.03. The molecule has 98 valence electrons. The number of rotatable bonds is 1. The molecule has 20 heavy (non-hydrogen) atoms. The molecular formula is C16H13N3S. The molecule has 0 saturated heterocycles. The van der Waals surface area contributed by atoms with Crippen LogP contribution in [0.4, 0.5) is 5.69 Å². The average Bonchev–Trinajstić information content (AvgIpc) is 2.77. The lowest BCUT2D eigenvalue weighted by Gasteiger charge is -2.11. The molecule has 2 aromatic heterocycles. The number of hydrogen-bond donors (Lipinski definition) is 1. The van der Waals surface area contributed by atoms with Crippen molar-refractivity contribution in [3.63, 3.8) is 0 Å². The van der Waals surface area contributed by atoms with Crippen LogP contribution in [-0.4, -0.2) is 4.98 Å². The number of aryl methyl sites for hydroxylation is 1. The molecule has 0 fully saturated rings. The summed E-state index contributed by atoms with van der Waals surface area (Å²) in [6.07, 6.45) is 0. The number of anilines is 1. The summed E-state index contributed by atoms with van der Waals surface area (Å²) in [6, 6.07) is 12.3. The van der Waals surface area contributed by atoms with Crippen LogP contribution in [-0.2, 0) is 0 Å². The third kappa shape index (κ3) is 1.75. The molecule has 0 aliphatic carbocycles. The number of pyridine rings is 1. The maximum Gasteiger partial charge on any atom is 0.130 e. The molecule has 0 unspecified atom stereocenters. The van der Waals surface area contributed by atoms with E-state index in [2.05, 4.69) is 23.2 Å². The van der Waals surface area contributed by atoms with Crippen LogP contribution >= 0.6 is 11.3 Å². The first-order valence-corrected chi connectivity index (χ1v) is 7.09. The van der Waals surface area contributed by atoms with Crippen molar-refractivity contribution in [2.45, 2.75) is 13.8 Å². The summed E-state index contributed by atoms with van der Waals surface area (Å²) < 4.78 is 0. The van der Waals surface area contributed by atoms with E-state index in [1.165, 1.54) is 11.3 Å². The Morgan fingerprint density at radius 3 is 2.55 bits per heavy atom. The second-order valence-electron chi connectivity index (χ2n) is 4.70. The quantitative estimate of drug-likeness (QED) is 0.731. The van der Waals surface area contributed by atoms with Gasteiger partial charge in [0.25, 0.3) is 0 Å². The Balaban J connectivity index is 2.49. The summed E-state index contributed by atoms with van der Waals surface area (Å²) >= 11 is 1.36. The molecule has 1 aromatic carbocycles. The Labute approximate surface area is 121 Å². The fraction of sp³-hybridized carbons (Fsp3) is 0.125. The lowest BCUT2D eigenvalue weighted by Crippen LogP contribution is -1.94. The lowest BCUT2D eigenvalue weighted by molar-refractivity contribution is 1.21. The second-order valence-corrected chi connectivity index (χ2v) is 5.70. The van der Waals surface area contributed by atoms with Crippen LogP contribution in [0.2, 0.25) is 0 Å². The number of nitriles is 1. The second kappa shape index (κ2) is 4.62. The Morgan fingerprint density at radius 2 is 1.90 bits per heavy atom. The molecule has 3 rings (SSSR count). The van der Waals surface area contributed by atoms with Gasteiger partial charge >= 0.3 is 0 Å².